The average Bonchev–Trinajstić information content (AvgIpc) is 2.57. The van der Waals surface area contributed by atoms with Crippen LogP contribution in [-0.4, -0.2) is 30.0 Å². The largest absolute Gasteiger partial charge is 0.385 e. The lowest BCUT2D eigenvalue weighted by molar-refractivity contribution is 0.157. The molecule has 5 nitrogen and oxygen atoms in total. The summed E-state index contributed by atoms with van der Waals surface area (Å²) in [6, 6.07) is 5.32. The highest BCUT2D eigenvalue weighted by Gasteiger charge is 2.19. The molecule has 7 heteroatoms. The van der Waals surface area contributed by atoms with Gasteiger partial charge in [-0.05, 0) is 36.5 Å². The molecule has 0 fully saturated rings. The number of aromatic nitrogens is 2. The first-order valence-electron chi connectivity index (χ1n) is 8.02. The molecule has 2 rings (SSSR count). The molecule has 0 unspecified atom stereocenters. The van der Waals surface area contributed by atoms with Crippen molar-refractivity contribution in [1.82, 2.24) is 9.78 Å². The molecule has 25 heavy (non-hydrogen) atoms. The number of ether oxygens (including phenoxy) is 1. The summed E-state index contributed by atoms with van der Waals surface area (Å²) >= 11 is 12.4. The Morgan fingerprint density at radius 1 is 1.32 bits per heavy atom. The molecule has 1 aromatic carbocycles. The maximum absolute atomic E-state index is 12.5. The van der Waals surface area contributed by atoms with E-state index in [1.807, 2.05) is 13.0 Å². The van der Waals surface area contributed by atoms with Gasteiger partial charge in [0.05, 0.1) is 17.6 Å². The van der Waals surface area contributed by atoms with Crippen molar-refractivity contribution < 1.29 is 4.74 Å². The van der Waals surface area contributed by atoms with Crippen molar-refractivity contribution in [2.75, 3.05) is 25.6 Å². The number of hydrogen-bond donors (Lipinski definition) is 1. The van der Waals surface area contributed by atoms with Crippen molar-refractivity contribution in [2.24, 2.45) is 5.41 Å². The topological polar surface area (TPSA) is 56.1 Å². The van der Waals surface area contributed by atoms with Gasteiger partial charge in [-0.25, -0.2) is 0 Å². The first-order valence-corrected chi connectivity index (χ1v) is 8.78. The van der Waals surface area contributed by atoms with Gasteiger partial charge in [0, 0.05) is 25.3 Å². The molecular weight excluding hydrogens is 361 g/mol. The van der Waals surface area contributed by atoms with Crippen LogP contribution < -0.4 is 10.9 Å². The summed E-state index contributed by atoms with van der Waals surface area (Å²) in [5.41, 5.74) is 1.64. The Labute approximate surface area is 157 Å². The summed E-state index contributed by atoms with van der Waals surface area (Å²) in [5, 5.41) is 8.11. The van der Waals surface area contributed by atoms with E-state index in [4.69, 9.17) is 27.9 Å². The Morgan fingerprint density at radius 3 is 2.68 bits per heavy atom. The maximum atomic E-state index is 12.5. The van der Waals surface area contributed by atoms with Gasteiger partial charge in [-0.2, -0.15) is 9.78 Å². The lowest BCUT2D eigenvalue weighted by Gasteiger charge is -2.25. The van der Waals surface area contributed by atoms with Gasteiger partial charge in [-0.15, -0.1) is 0 Å². The Hall–Kier alpha value is -1.56. The number of halogens is 2. The lowest BCUT2D eigenvalue weighted by Crippen LogP contribution is -2.27. The average molecular weight is 384 g/mol. The van der Waals surface area contributed by atoms with E-state index in [1.165, 1.54) is 4.68 Å². The molecule has 0 radical (unpaired) electrons. The standard InChI is InChI=1S/C18H23Cl2N3O2/c1-12-5-6-13(9-14(12)19)23-17(24)16(20)15(10-22-23)21-11-18(2,3)7-8-25-4/h5-6,9-10,21H,7-8,11H2,1-4H3. The molecule has 2 aromatic rings. The quantitative estimate of drug-likeness (QED) is 0.773. The Bertz CT molecular complexity index is 803. The summed E-state index contributed by atoms with van der Waals surface area (Å²) in [6.45, 7) is 7.47. The number of nitrogens with one attached hydrogen (secondary N) is 1. The molecule has 1 heterocycles. The predicted octanol–water partition coefficient (Wildman–Crippen LogP) is 4.32. The minimum atomic E-state index is -0.388. The van der Waals surface area contributed by atoms with E-state index in [0.29, 0.717) is 29.5 Å². The van der Waals surface area contributed by atoms with Crippen molar-refractivity contribution >= 4 is 28.9 Å². The van der Waals surface area contributed by atoms with Crippen LogP contribution in [0.15, 0.2) is 29.2 Å². The van der Waals surface area contributed by atoms with E-state index in [9.17, 15) is 4.79 Å². The highest BCUT2D eigenvalue weighted by atomic mass is 35.5. The Kier molecular flexibility index (Phi) is 6.49. The van der Waals surface area contributed by atoms with Gasteiger partial charge in [0.2, 0.25) is 0 Å². The highest BCUT2D eigenvalue weighted by molar-refractivity contribution is 6.33. The van der Waals surface area contributed by atoms with Crippen LogP contribution >= 0.6 is 23.2 Å². The Morgan fingerprint density at radius 2 is 2.04 bits per heavy atom. The summed E-state index contributed by atoms with van der Waals surface area (Å²) in [7, 11) is 1.68. The minimum Gasteiger partial charge on any atom is -0.385 e. The third-order valence-corrected chi connectivity index (χ3v) is 4.83. The van der Waals surface area contributed by atoms with E-state index in [0.717, 1.165) is 12.0 Å². The third kappa shape index (κ3) is 4.97. The van der Waals surface area contributed by atoms with E-state index in [1.54, 1.807) is 25.4 Å². The van der Waals surface area contributed by atoms with Crippen LogP contribution in [-0.2, 0) is 4.74 Å². The molecule has 0 bridgehead atoms. The molecular formula is C18H23Cl2N3O2. The second kappa shape index (κ2) is 8.21. The smallest absolute Gasteiger partial charge is 0.292 e. The molecule has 0 aliphatic carbocycles. The van der Waals surface area contributed by atoms with Crippen molar-refractivity contribution in [3.05, 3.63) is 50.4 Å². The van der Waals surface area contributed by atoms with Gasteiger partial charge >= 0.3 is 0 Å². The summed E-state index contributed by atoms with van der Waals surface area (Å²) in [6.07, 6.45) is 2.45. The summed E-state index contributed by atoms with van der Waals surface area (Å²) < 4.78 is 6.37. The van der Waals surface area contributed by atoms with Crippen molar-refractivity contribution in [1.29, 1.82) is 0 Å². The first-order chi connectivity index (χ1) is 11.7. The maximum Gasteiger partial charge on any atom is 0.292 e. The number of nitrogens with zero attached hydrogens (tertiary/aromatic N) is 2. The second-order valence-corrected chi connectivity index (χ2v) is 7.57. The van der Waals surface area contributed by atoms with Crippen molar-refractivity contribution in [3.63, 3.8) is 0 Å². The third-order valence-electron chi connectivity index (χ3n) is 4.06. The fraction of sp³-hybridized carbons (Fsp3) is 0.444. The van der Waals surface area contributed by atoms with E-state index in [2.05, 4.69) is 24.3 Å². The van der Waals surface area contributed by atoms with Gasteiger partial charge < -0.3 is 10.1 Å². The molecule has 0 saturated carbocycles. The molecule has 0 aliphatic heterocycles. The zero-order chi connectivity index (χ0) is 18.6. The zero-order valence-electron chi connectivity index (χ0n) is 14.9. The van der Waals surface area contributed by atoms with Crippen LogP contribution in [0.5, 0.6) is 0 Å². The van der Waals surface area contributed by atoms with Crippen molar-refractivity contribution in [3.8, 4) is 5.69 Å². The highest BCUT2D eigenvalue weighted by Crippen LogP contribution is 2.24. The van der Waals surface area contributed by atoms with Gasteiger partial charge in [0.1, 0.15) is 5.02 Å². The lowest BCUT2D eigenvalue weighted by atomic mass is 9.89. The van der Waals surface area contributed by atoms with E-state index in [-0.39, 0.29) is 16.0 Å². The molecule has 0 saturated heterocycles. The predicted molar refractivity (Wildman–Crippen MR) is 103 cm³/mol. The van der Waals surface area contributed by atoms with Crippen LogP contribution in [0.3, 0.4) is 0 Å². The van der Waals surface area contributed by atoms with Gasteiger partial charge in [-0.3, -0.25) is 4.79 Å². The molecule has 0 spiro atoms. The molecule has 1 aromatic heterocycles. The van der Waals surface area contributed by atoms with Gasteiger partial charge in [0.25, 0.3) is 5.56 Å². The molecule has 1 N–H and O–H groups in total. The first kappa shape index (κ1) is 19.8. The SMILES string of the molecule is COCCC(C)(C)CNc1cnn(-c2ccc(C)c(Cl)c2)c(=O)c1Cl. The molecule has 0 amide bonds. The molecule has 136 valence electrons. The number of hydrogen-bond acceptors (Lipinski definition) is 4. The van der Waals surface area contributed by atoms with Gasteiger partial charge in [0.15, 0.2) is 0 Å². The van der Waals surface area contributed by atoms with Crippen molar-refractivity contribution in [2.45, 2.75) is 27.2 Å². The monoisotopic (exact) mass is 383 g/mol. The number of rotatable bonds is 7. The second-order valence-electron chi connectivity index (χ2n) is 6.78. The fourth-order valence-corrected chi connectivity index (χ4v) is 2.63. The molecule has 0 atom stereocenters. The summed E-state index contributed by atoms with van der Waals surface area (Å²) in [5.74, 6) is 0. The summed E-state index contributed by atoms with van der Waals surface area (Å²) in [4.78, 5) is 12.5. The van der Waals surface area contributed by atoms with Gasteiger partial charge in [-0.1, -0.05) is 43.1 Å². The number of aryl methyl sites for hydroxylation is 1. The zero-order valence-corrected chi connectivity index (χ0v) is 16.4. The normalized spacial score (nSPS) is 11.6. The van der Waals surface area contributed by atoms with Crippen LogP contribution in [0.25, 0.3) is 5.69 Å². The molecule has 0 aliphatic rings. The fourth-order valence-electron chi connectivity index (χ4n) is 2.25. The van der Waals surface area contributed by atoms with Crippen LogP contribution in [0.2, 0.25) is 10.0 Å². The number of methoxy groups -OCH3 is 1. The van der Waals surface area contributed by atoms with Crippen LogP contribution in [0.4, 0.5) is 5.69 Å². The van der Waals surface area contributed by atoms with Crippen LogP contribution in [0.1, 0.15) is 25.8 Å². The van der Waals surface area contributed by atoms with E-state index >= 15 is 0 Å². The van der Waals surface area contributed by atoms with E-state index < -0.39 is 0 Å². The number of anilines is 1. The Balaban J connectivity index is 2.23. The number of benzene rings is 1. The van der Waals surface area contributed by atoms with Crippen LogP contribution in [0, 0.1) is 12.3 Å². The minimum absolute atomic E-state index is 0.00131.